The normalized spacial score (nSPS) is 14.9. The SMILES string of the molecule is CC(C#N)C(F)(F)F. The molecule has 0 spiro atoms. The predicted octanol–water partition coefficient (Wildman–Crippen LogP) is 1.71. The van der Waals surface area contributed by atoms with Gasteiger partial charge in [-0.15, -0.1) is 0 Å². The highest BCUT2D eigenvalue weighted by molar-refractivity contribution is 4.83. The largest absolute Gasteiger partial charge is 0.404 e. The van der Waals surface area contributed by atoms with E-state index in [4.69, 9.17) is 5.26 Å². The topological polar surface area (TPSA) is 23.8 Å². The second-order valence-corrected chi connectivity index (χ2v) is 1.39. The summed E-state index contributed by atoms with van der Waals surface area (Å²) in [7, 11) is 0. The van der Waals surface area contributed by atoms with Crippen LogP contribution in [-0.4, -0.2) is 6.18 Å². The number of hydrogen-bond acceptors (Lipinski definition) is 1. The van der Waals surface area contributed by atoms with Gasteiger partial charge in [0.25, 0.3) is 0 Å². The number of hydrogen-bond donors (Lipinski definition) is 0. The minimum Gasteiger partial charge on any atom is -0.198 e. The fraction of sp³-hybridized carbons (Fsp3) is 0.750. The molecule has 0 radical (unpaired) electrons. The van der Waals surface area contributed by atoms with Gasteiger partial charge in [-0.2, -0.15) is 18.4 Å². The van der Waals surface area contributed by atoms with Crippen molar-refractivity contribution in [3.63, 3.8) is 0 Å². The average molecular weight is 123 g/mol. The maximum atomic E-state index is 11.2. The molecule has 0 aromatic heterocycles. The third-order valence-electron chi connectivity index (χ3n) is 0.685. The molecule has 0 aliphatic rings. The van der Waals surface area contributed by atoms with Gasteiger partial charge in [-0.1, -0.05) is 0 Å². The monoisotopic (exact) mass is 123 g/mol. The van der Waals surface area contributed by atoms with Crippen molar-refractivity contribution in [2.24, 2.45) is 5.92 Å². The molecule has 0 aliphatic heterocycles. The summed E-state index contributed by atoms with van der Waals surface area (Å²) in [6.45, 7) is 0.819. The van der Waals surface area contributed by atoms with E-state index in [9.17, 15) is 13.2 Å². The lowest BCUT2D eigenvalue weighted by Crippen LogP contribution is -2.17. The Labute approximate surface area is 44.7 Å². The molecule has 0 rings (SSSR count). The molecular formula is C4H4F3N. The van der Waals surface area contributed by atoms with Crippen LogP contribution < -0.4 is 0 Å². The van der Waals surface area contributed by atoms with Crippen LogP contribution in [0.2, 0.25) is 0 Å². The molecule has 0 bridgehead atoms. The van der Waals surface area contributed by atoms with Crippen LogP contribution in [0, 0.1) is 17.2 Å². The lowest BCUT2D eigenvalue weighted by Gasteiger charge is -2.05. The minimum atomic E-state index is -4.35. The van der Waals surface area contributed by atoms with Crippen molar-refractivity contribution in [3.8, 4) is 6.07 Å². The van der Waals surface area contributed by atoms with Crippen molar-refractivity contribution in [3.05, 3.63) is 0 Å². The van der Waals surface area contributed by atoms with Gasteiger partial charge in [0, 0.05) is 0 Å². The highest BCUT2D eigenvalue weighted by Crippen LogP contribution is 2.24. The molecule has 1 nitrogen and oxygen atoms in total. The van der Waals surface area contributed by atoms with Crippen molar-refractivity contribution in [2.75, 3.05) is 0 Å². The summed E-state index contributed by atoms with van der Waals surface area (Å²) in [4.78, 5) is 0. The van der Waals surface area contributed by atoms with Crippen molar-refractivity contribution < 1.29 is 13.2 Å². The van der Waals surface area contributed by atoms with E-state index in [1.807, 2.05) is 0 Å². The highest BCUT2D eigenvalue weighted by Gasteiger charge is 2.35. The Balaban J connectivity index is 3.87. The van der Waals surface area contributed by atoms with Crippen LogP contribution in [0.25, 0.3) is 0 Å². The molecule has 0 saturated heterocycles. The summed E-state index contributed by atoms with van der Waals surface area (Å²) in [6, 6.07) is 1.08. The molecule has 0 heterocycles. The van der Waals surface area contributed by atoms with Gasteiger partial charge in [0.1, 0.15) is 5.92 Å². The third kappa shape index (κ3) is 1.82. The average Bonchev–Trinajstić information content (AvgIpc) is 1.62. The summed E-state index contributed by atoms with van der Waals surface area (Å²) >= 11 is 0. The fourth-order valence-electron chi connectivity index (χ4n) is 0.0732. The fourth-order valence-corrected chi connectivity index (χ4v) is 0.0732. The zero-order valence-electron chi connectivity index (χ0n) is 4.16. The van der Waals surface area contributed by atoms with Crippen LogP contribution in [0.4, 0.5) is 13.2 Å². The Kier molecular flexibility index (Phi) is 1.85. The van der Waals surface area contributed by atoms with E-state index in [2.05, 4.69) is 0 Å². The van der Waals surface area contributed by atoms with E-state index in [1.165, 1.54) is 0 Å². The van der Waals surface area contributed by atoms with E-state index in [-0.39, 0.29) is 0 Å². The second-order valence-electron chi connectivity index (χ2n) is 1.39. The molecule has 0 amide bonds. The number of nitriles is 1. The van der Waals surface area contributed by atoms with Crippen LogP contribution in [-0.2, 0) is 0 Å². The van der Waals surface area contributed by atoms with Crippen LogP contribution in [0.15, 0.2) is 0 Å². The van der Waals surface area contributed by atoms with Gasteiger partial charge in [0.2, 0.25) is 0 Å². The Bertz CT molecular complexity index is 109. The maximum absolute atomic E-state index is 11.2. The van der Waals surface area contributed by atoms with Crippen molar-refractivity contribution >= 4 is 0 Å². The first-order valence-electron chi connectivity index (χ1n) is 1.95. The molecule has 4 heteroatoms. The lowest BCUT2D eigenvalue weighted by molar-refractivity contribution is -0.154. The molecule has 1 unspecified atom stereocenters. The Morgan fingerprint density at radius 3 is 1.88 bits per heavy atom. The van der Waals surface area contributed by atoms with Gasteiger partial charge in [0.15, 0.2) is 0 Å². The number of alkyl halides is 3. The van der Waals surface area contributed by atoms with Crippen LogP contribution in [0.3, 0.4) is 0 Å². The number of rotatable bonds is 0. The lowest BCUT2D eigenvalue weighted by atomic mass is 10.2. The van der Waals surface area contributed by atoms with Crippen molar-refractivity contribution in [1.82, 2.24) is 0 Å². The molecular weight excluding hydrogens is 119 g/mol. The van der Waals surface area contributed by atoms with E-state index in [0.717, 1.165) is 13.0 Å². The summed E-state index contributed by atoms with van der Waals surface area (Å²) in [5.74, 6) is -1.84. The zero-order chi connectivity index (χ0) is 6.78. The van der Waals surface area contributed by atoms with Gasteiger partial charge in [-0.3, -0.25) is 0 Å². The molecule has 1 atom stereocenters. The molecule has 0 aliphatic carbocycles. The Morgan fingerprint density at radius 2 is 1.88 bits per heavy atom. The number of nitrogens with zero attached hydrogens (tertiary/aromatic N) is 1. The first-order valence-corrected chi connectivity index (χ1v) is 1.95. The van der Waals surface area contributed by atoms with Crippen LogP contribution >= 0.6 is 0 Å². The Morgan fingerprint density at radius 1 is 1.50 bits per heavy atom. The van der Waals surface area contributed by atoms with Gasteiger partial charge in [0.05, 0.1) is 6.07 Å². The van der Waals surface area contributed by atoms with E-state index in [1.54, 1.807) is 0 Å². The van der Waals surface area contributed by atoms with Crippen LogP contribution in [0.1, 0.15) is 6.92 Å². The second kappa shape index (κ2) is 2.03. The van der Waals surface area contributed by atoms with Gasteiger partial charge < -0.3 is 0 Å². The van der Waals surface area contributed by atoms with Gasteiger partial charge >= 0.3 is 6.18 Å². The highest BCUT2D eigenvalue weighted by atomic mass is 19.4. The molecule has 46 valence electrons. The molecule has 8 heavy (non-hydrogen) atoms. The quantitative estimate of drug-likeness (QED) is 0.481. The van der Waals surface area contributed by atoms with Crippen molar-refractivity contribution in [1.29, 1.82) is 5.26 Å². The van der Waals surface area contributed by atoms with Gasteiger partial charge in [-0.05, 0) is 6.92 Å². The molecule has 0 N–H and O–H groups in total. The predicted molar refractivity (Wildman–Crippen MR) is 20.8 cm³/mol. The summed E-state index contributed by atoms with van der Waals surface area (Å²) in [6.07, 6.45) is -4.35. The first kappa shape index (κ1) is 7.28. The molecule has 0 aromatic carbocycles. The molecule has 0 aromatic rings. The summed E-state index contributed by atoms with van der Waals surface area (Å²) in [5, 5.41) is 7.70. The maximum Gasteiger partial charge on any atom is 0.404 e. The van der Waals surface area contributed by atoms with Crippen molar-refractivity contribution in [2.45, 2.75) is 13.1 Å². The standard InChI is InChI=1S/C4H4F3N/c1-3(2-8)4(5,6)7/h3H,1H3. The van der Waals surface area contributed by atoms with E-state index in [0.29, 0.717) is 0 Å². The van der Waals surface area contributed by atoms with Crippen LogP contribution in [0.5, 0.6) is 0 Å². The smallest absolute Gasteiger partial charge is 0.198 e. The third-order valence-corrected chi connectivity index (χ3v) is 0.685. The molecule has 0 fully saturated rings. The summed E-state index contributed by atoms with van der Waals surface area (Å²) in [5.41, 5.74) is 0. The van der Waals surface area contributed by atoms with E-state index < -0.39 is 12.1 Å². The molecule has 0 saturated carbocycles. The number of halogens is 3. The van der Waals surface area contributed by atoms with Gasteiger partial charge in [-0.25, -0.2) is 0 Å². The zero-order valence-corrected chi connectivity index (χ0v) is 4.16. The van der Waals surface area contributed by atoms with E-state index >= 15 is 0 Å². The minimum absolute atomic E-state index is 0.819. The Hall–Kier alpha value is -0.720. The first-order chi connectivity index (χ1) is 3.48. The summed E-state index contributed by atoms with van der Waals surface area (Å²) < 4.78 is 33.7.